The molecule has 2 amide bonds. The van der Waals surface area contributed by atoms with Crippen molar-refractivity contribution in [2.75, 3.05) is 4.90 Å². The van der Waals surface area contributed by atoms with Crippen molar-refractivity contribution in [2.45, 2.75) is 31.7 Å². The van der Waals surface area contributed by atoms with Gasteiger partial charge in [0.05, 0.1) is 10.5 Å². The lowest BCUT2D eigenvalue weighted by Gasteiger charge is -2.27. The molecular weight excluding hydrogens is 305 g/mol. The quantitative estimate of drug-likeness (QED) is 0.644. The Balaban J connectivity index is 2.55. The lowest BCUT2D eigenvalue weighted by atomic mass is 10.0. The first kappa shape index (κ1) is 16.0. The average Bonchev–Trinajstić information content (AvgIpc) is 2.56. The van der Waals surface area contributed by atoms with Gasteiger partial charge in [0.25, 0.3) is 5.69 Å². The van der Waals surface area contributed by atoms with E-state index in [4.69, 9.17) is 5.73 Å². The van der Waals surface area contributed by atoms with Crippen LogP contribution in [0, 0.1) is 10.1 Å². The van der Waals surface area contributed by atoms with Gasteiger partial charge in [0.2, 0.25) is 0 Å². The number of alkyl halides is 3. The first-order valence-corrected chi connectivity index (χ1v) is 6.18. The molecule has 1 saturated heterocycles. The second-order valence-electron chi connectivity index (χ2n) is 5.42. The Hall–Kier alpha value is -2.36. The Morgan fingerprint density at radius 2 is 2.00 bits per heavy atom. The molecule has 22 heavy (non-hydrogen) atoms. The van der Waals surface area contributed by atoms with E-state index in [-0.39, 0.29) is 5.69 Å². The molecule has 0 bridgehead atoms. The van der Waals surface area contributed by atoms with Gasteiger partial charge in [0.15, 0.2) is 0 Å². The predicted molar refractivity (Wildman–Crippen MR) is 71.2 cm³/mol. The van der Waals surface area contributed by atoms with Crippen LogP contribution in [0.25, 0.3) is 0 Å². The summed E-state index contributed by atoms with van der Waals surface area (Å²) in [6.07, 6.45) is -5.84. The van der Waals surface area contributed by atoms with Gasteiger partial charge in [-0.1, -0.05) is 0 Å². The fourth-order valence-corrected chi connectivity index (χ4v) is 2.20. The van der Waals surface area contributed by atoms with E-state index < -0.39 is 40.1 Å². The Morgan fingerprint density at radius 3 is 2.41 bits per heavy atom. The molecule has 0 spiro atoms. The van der Waals surface area contributed by atoms with E-state index in [1.54, 1.807) is 13.8 Å². The lowest BCUT2D eigenvalue weighted by Crippen LogP contribution is -2.50. The molecule has 0 aliphatic carbocycles. The van der Waals surface area contributed by atoms with Crippen molar-refractivity contribution in [2.24, 2.45) is 5.73 Å². The molecule has 1 unspecified atom stereocenters. The van der Waals surface area contributed by atoms with Crippen LogP contribution in [-0.2, 0) is 6.18 Å². The summed E-state index contributed by atoms with van der Waals surface area (Å²) >= 11 is 0. The molecule has 1 aliphatic heterocycles. The summed E-state index contributed by atoms with van der Waals surface area (Å²) in [5, 5.41) is 13.3. The number of rotatable bonds is 2. The van der Waals surface area contributed by atoms with Crippen LogP contribution in [0.2, 0.25) is 0 Å². The van der Waals surface area contributed by atoms with Gasteiger partial charge in [-0.25, -0.2) is 4.79 Å². The van der Waals surface area contributed by atoms with E-state index in [0.717, 1.165) is 11.0 Å². The summed E-state index contributed by atoms with van der Waals surface area (Å²) in [7, 11) is 0. The zero-order chi connectivity index (χ0) is 16.9. The minimum Gasteiger partial charge on any atom is -0.329 e. The highest BCUT2D eigenvalue weighted by atomic mass is 19.4. The molecule has 7 nitrogen and oxygen atoms in total. The molecule has 10 heteroatoms. The fraction of sp³-hybridized carbons (Fsp3) is 0.417. The Morgan fingerprint density at radius 1 is 1.41 bits per heavy atom. The number of nitrogens with two attached hydrogens (primary N) is 1. The van der Waals surface area contributed by atoms with Gasteiger partial charge in [-0.2, -0.15) is 13.2 Å². The van der Waals surface area contributed by atoms with Crippen molar-refractivity contribution in [1.29, 1.82) is 0 Å². The first-order chi connectivity index (χ1) is 9.95. The van der Waals surface area contributed by atoms with Gasteiger partial charge in [0, 0.05) is 11.8 Å². The number of nitro groups is 1. The third-order valence-corrected chi connectivity index (χ3v) is 3.43. The van der Waals surface area contributed by atoms with Crippen molar-refractivity contribution >= 4 is 17.4 Å². The second-order valence-corrected chi connectivity index (χ2v) is 5.42. The molecule has 3 N–H and O–H groups in total. The predicted octanol–water partition coefficient (Wildman–Crippen LogP) is 2.21. The number of halogens is 3. The number of amides is 2. The second kappa shape index (κ2) is 4.83. The van der Waals surface area contributed by atoms with Crippen LogP contribution < -0.4 is 16.0 Å². The minimum absolute atomic E-state index is 0.159. The summed E-state index contributed by atoms with van der Waals surface area (Å²) in [6, 6.07) is 1.66. The van der Waals surface area contributed by atoms with Gasteiger partial charge in [-0.15, -0.1) is 0 Å². The van der Waals surface area contributed by atoms with Gasteiger partial charge >= 0.3 is 12.2 Å². The summed E-state index contributed by atoms with van der Waals surface area (Å²) in [4.78, 5) is 22.4. The SMILES string of the molecule is CC1(C)NC(=O)N(c2ccc([N+](=O)[O-])c(C(F)(F)F)c2)C1N. The number of hydrogen-bond acceptors (Lipinski definition) is 4. The van der Waals surface area contributed by atoms with Gasteiger partial charge in [-0.3, -0.25) is 15.0 Å². The maximum atomic E-state index is 13.0. The highest BCUT2D eigenvalue weighted by molar-refractivity contribution is 5.96. The Kier molecular flexibility index (Phi) is 3.52. The first-order valence-electron chi connectivity index (χ1n) is 6.18. The largest absolute Gasteiger partial charge is 0.423 e. The molecule has 1 fully saturated rings. The van der Waals surface area contributed by atoms with Crippen molar-refractivity contribution in [3.8, 4) is 0 Å². The molecule has 0 aromatic heterocycles. The van der Waals surface area contributed by atoms with Crippen molar-refractivity contribution in [3.63, 3.8) is 0 Å². The summed E-state index contributed by atoms with van der Waals surface area (Å²) in [6.45, 7) is 3.23. The van der Waals surface area contributed by atoms with Crippen LogP contribution in [-0.4, -0.2) is 22.7 Å². The monoisotopic (exact) mass is 318 g/mol. The molecule has 120 valence electrons. The molecule has 1 aliphatic rings. The number of anilines is 1. The highest BCUT2D eigenvalue weighted by Crippen LogP contribution is 2.39. The number of nitrogens with zero attached hydrogens (tertiary/aromatic N) is 2. The Labute approximate surface area is 123 Å². The minimum atomic E-state index is -4.92. The van der Waals surface area contributed by atoms with Crippen molar-refractivity contribution in [3.05, 3.63) is 33.9 Å². The average molecular weight is 318 g/mol. The van der Waals surface area contributed by atoms with Crippen LogP contribution >= 0.6 is 0 Å². The summed E-state index contributed by atoms with van der Waals surface area (Å²) in [5.41, 5.74) is 2.34. The molecule has 1 aromatic carbocycles. The van der Waals surface area contributed by atoms with E-state index in [1.807, 2.05) is 0 Å². The van der Waals surface area contributed by atoms with Crippen LogP contribution in [0.15, 0.2) is 18.2 Å². The zero-order valence-corrected chi connectivity index (χ0v) is 11.6. The van der Waals surface area contributed by atoms with Gasteiger partial charge in [0.1, 0.15) is 11.7 Å². The van der Waals surface area contributed by atoms with Crippen LogP contribution in [0.4, 0.5) is 29.3 Å². The third kappa shape index (κ3) is 2.56. The molecular formula is C12H13F3N4O3. The maximum Gasteiger partial charge on any atom is 0.423 e. The number of benzene rings is 1. The van der Waals surface area contributed by atoms with Gasteiger partial charge < -0.3 is 11.1 Å². The topological polar surface area (TPSA) is 102 Å². The van der Waals surface area contributed by atoms with Crippen molar-refractivity contribution < 1.29 is 22.9 Å². The van der Waals surface area contributed by atoms with Crippen LogP contribution in [0.5, 0.6) is 0 Å². The summed E-state index contributed by atoms with van der Waals surface area (Å²) in [5.74, 6) is 0. The van der Waals surface area contributed by atoms with Gasteiger partial charge in [-0.05, 0) is 26.0 Å². The molecule has 1 aromatic rings. The van der Waals surface area contributed by atoms with E-state index >= 15 is 0 Å². The van der Waals surface area contributed by atoms with E-state index in [2.05, 4.69) is 5.32 Å². The highest BCUT2D eigenvalue weighted by Gasteiger charge is 2.45. The van der Waals surface area contributed by atoms with Crippen molar-refractivity contribution in [1.82, 2.24) is 5.32 Å². The molecule has 2 rings (SSSR count). The summed E-state index contributed by atoms with van der Waals surface area (Å²) < 4.78 is 38.9. The van der Waals surface area contributed by atoms with Crippen LogP contribution in [0.3, 0.4) is 0 Å². The number of nitro benzene ring substituents is 1. The molecule has 1 atom stereocenters. The molecule has 0 saturated carbocycles. The number of carbonyl (C=O) groups is 1. The Bertz CT molecular complexity index is 645. The number of nitrogens with one attached hydrogen (secondary N) is 1. The maximum absolute atomic E-state index is 13.0. The zero-order valence-electron chi connectivity index (χ0n) is 11.6. The van der Waals surface area contributed by atoms with E-state index in [1.165, 1.54) is 0 Å². The number of urea groups is 1. The third-order valence-electron chi connectivity index (χ3n) is 3.43. The smallest absolute Gasteiger partial charge is 0.329 e. The fourth-order valence-electron chi connectivity index (χ4n) is 2.20. The molecule has 0 radical (unpaired) electrons. The normalized spacial score (nSPS) is 20.9. The number of hydrogen-bond donors (Lipinski definition) is 2. The van der Waals surface area contributed by atoms with Crippen LogP contribution in [0.1, 0.15) is 19.4 Å². The van der Waals surface area contributed by atoms with E-state index in [0.29, 0.717) is 12.1 Å². The standard InChI is InChI=1S/C12H13F3N4O3/c1-11(2)9(16)18(10(20)17-11)6-3-4-8(19(21)22)7(5-6)12(13,14)15/h3-5,9H,16H2,1-2H3,(H,17,20). The van der Waals surface area contributed by atoms with E-state index in [9.17, 15) is 28.1 Å². The molecule has 1 heterocycles. The lowest BCUT2D eigenvalue weighted by molar-refractivity contribution is -0.388. The number of carbonyl (C=O) groups excluding carboxylic acids is 1.